The molecule has 27 atom stereocenters. The van der Waals surface area contributed by atoms with Gasteiger partial charge >= 0.3 is 41.5 Å². The second kappa shape index (κ2) is 29.5. The van der Waals surface area contributed by atoms with Crippen LogP contribution in [0.5, 0.6) is 0 Å². The summed E-state index contributed by atoms with van der Waals surface area (Å²) in [6.07, 6.45) is 13.3. The van der Waals surface area contributed by atoms with Crippen LogP contribution < -0.4 is 29.6 Å². The molecule has 4 spiro atoms. The van der Waals surface area contributed by atoms with Crippen molar-refractivity contribution in [3.05, 3.63) is 71.8 Å². The van der Waals surface area contributed by atoms with Crippen molar-refractivity contribution in [1.82, 2.24) is 9.80 Å². The molecule has 4 heterocycles. The summed E-state index contributed by atoms with van der Waals surface area (Å²) in [5, 5.41) is 34.7. The summed E-state index contributed by atoms with van der Waals surface area (Å²) in [6.45, 7) is 40.2. The van der Waals surface area contributed by atoms with Crippen LogP contribution in [0.4, 0.5) is 0 Å². The van der Waals surface area contributed by atoms with Gasteiger partial charge in [-0.1, -0.05) is 145 Å². The molecule has 106 heavy (non-hydrogen) atoms. The zero-order chi connectivity index (χ0) is 72.7. The third-order valence-electron chi connectivity index (χ3n) is 33.3. The van der Waals surface area contributed by atoms with Gasteiger partial charge in [0.1, 0.15) is 6.10 Å². The Hall–Kier alpha value is -2.33. The van der Waals surface area contributed by atoms with Crippen LogP contribution in [0.2, 0.25) is 0 Å². The van der Waals surface area contributed by atoms with Gasteiger partial charge in [-0.05, 0) is 226 Å². The van der Waals surface area contributed by atoms with Gasteiger partial charge in [-0.25, -0.2) is 0 Å². The molecule has 0 bridgehead atoms. The van der Waals surface area contributed by atoms with E-state index in [1.165, 1.54) is 69.9 Å². The van der Waals surface area contributed by atoms with Crippen molar-refractivity contribution in [2.45, 2.75) is 320 Å². The van der Waals surface area contributed by atoms with Crippen molar-refractivity contribution in [3.8, 4) is 0 Å². The van der Waals surface area contributed by atoms with Gasteiger partial charge in [0.25, 0.3) is 0 Å². The molecule has 3 N–H and O–H groups in total. The van der Waals surface area contributed by atoms with E-state index >= 15 is 4.79 Å². The van der Waals surface area contributed by atoms with Crippen molar-refractivity contribution >= 4 is 26.1 Å². The number of hydrogen-bond donors (Lipinski definition) is 3. The van der Waals surface area contributed by atoms with Gasteiger partial charge in [-0.3, -0.25) is 24.2 Å². The summed E-state index contributed by atoms with van der Waals surface area (Å²) in [5.41, 5.74) is 0.229. The van der Waals surface area contributed by atoms with Gasteiger partial charge in [0.15, 0.2) is 30.6 Å². The van der Waals surface area contributed by atoms with E-state index in [9.17, 15) is 24.9 Å². The summed E-state index contributed by atoms with van der Waals surface area (Å²) in [4.78, 5) is 44.2. The number of ketones is 1. The normalized spacial score (nSPS) is 45.4. The number of nitrogens with zero attached hydrogens (tertiary/aromatic N) is 2. The summed E-state index contributed by atoms with van der Waals surface area (Å²) in [6, 6.07) is 21.4. The Morgan fingerprint density at radius 1 is 0.575 bits per heavy atom. The monoisotopic (exact) mass is 1480 g/mol. The Balaban J connectivity index is 0.000000218. The fraction of sp³-hybridized carbons (Fsp3) is 0.830. The van der Waals surface area contributed by atoms with E-state index < -0.39 is 65.2 Å². The molecule has 3 radical (unpaired) electrons. The average Bonchev–Trinajstić information content (AvgIpc) is 1.46. The predicted octanol–water partition coefficient (Wildman–Crippen LogP) is 11.7. The Labute approximate surface area is 663 Å². The largest absolute Gasteiger partial charge is 1.00 e. The van der Waals surface area contributed by atoms with Gasteiger partial charge in [0, 0.05) is 78.3 Å². The zero-order valence-corrected chi connectivity index (χ0v) is 68.5. The van der Waals surface area contributed by atoms with E-state index in [1.54, 1.807) is 27.7 Å². The standard InChI is InChI=1S/C43H65NO7.C43H63NO7.2CH4.B.Na.H/c2*1-26-22-29(37(39(5,6)47)49-27(2)45)50-35-34(26)40(7)18-19-43-25-42(43)17-16-32(38(3,4)30(42)14-15-31(43)41(40,8)36(35)46)51-33-24-44(20-21-48-33)23-28-12-10-9-11-13-28;;;;;/h9-13,26,29-37,46-47H,14-25H2,1-8H3;9-13,26,29-35,37,47H,14-25H2,1-8H3;2*1H4;;;/q;;;;;+1;-1/t26-,29?,30+,31?,32+,33+,34+,35?,36+,37+,40-,41-,42-,43+;26-,29?,30+,31?,32+,33+,34+,35?,37+,40-,41-,42-,43+;;;;;/m11...../s1. The number of carbonyl (C=O) groups excluding carboxylic acids is 3. The van der Waals surface area contributed by atoms with E-state index in [0.717, 1.165) is 84.2 Å². The van der Waals surface area contributed by atoms with E-state index in [1.807, 2.05) is 0 Å². The van der Waals surface area contributed by atoms with Crippen LogP contribution in [-0.2, 0) is 65.4 Å². The minimum absolute atomic E-state index is 0. The first kappa shape index (κ1) is 84.6. The Morgan fingerprint density at radius 3 is 1.43 bits per heavy atom. The fourth-order valence-electron chi connectivity index (χ4n) is 28.7. The van der Waals surface area contributed by atoms with Gasteiger partial charge in [0.2, 0.25) is 0 Å². The molecular formula is C88H137BN2NaO14. The van der Waals surface area contributed by atoms with Crippen molar-refractivity contribution in [1.29, 1.82) is 0 Å². The molecule has 587 valence electrons. The van der Waals surface area contributed by atoms with Crippen molar-refractivity contribution in [2.24, 2.45) is 101 Å². The molecular weight excluding hydrogens is 1340 g/mol. The second-order valence-electron chi connectivity index (χ2n) is 39.6. The van der Waals surface area contributed by atoms with Crippen molar-refractivity contribution < 1.29 is 98.6 Å². The summed E-state index contributed by atoms with van der Waals surface area (Å²) in [7, 11) is 0. The molecule has 14 aliphatic rings. The van der Waals surface area contributed by atoms with E-state index in [4.69, 9.17) is 37.9 Å². The maximum atomic E-state index is 15.1. The predicted molar refractivity (Wildman–Crippen MR) is 408 cm³/mol. The summed E-state index contributed by atoms with van der Waals surface area (Å²) < 4.78 is 51.5. The Bertz CT molecular complexity index is 3470. The number of ether oxygens (including phenoxy) is 8. The quantitative estimate of drug-likeness (QED) is 0.119. The van der Waals surface area contributed by atoms with Crippen LogP contribution in [0.3, 0.4) is 0 Å². The molecule has 0 aromatic heterocycles. The number of hydrogen-bond acceptors (Lipinski definition) is 16. The maximum Gasteiger partial charge on any atom is 1.00 e. The SMILES string of the molecule is C.C.CC(=O)O[C@@H](C1C[C@@H](C)[C@H]2C(O1)C(=O)[C@@]1(C)C3CC[C@H]4C(C)(C)[C@@H](O[C@H]5CN(Cc6ccccc6)CCO5)CC[C@@]45C[C@@]35CC[C@]21C)C(C)(C)O.CC(=O)O[C@@H](C1C[C@@H](C)[C@H]2C(O1)[C@H](O)[C@@]1(C)C3CC[C@H]4C(C)(C)[C@@H](O[C@H]5CN(Cc6ccccc6)CCO5)CC[C@@]45C[C@@]35CC[C@]21C)C(C)(C)O.[B].[H-].[Na+]. The van der Waals surface area contributed by atoms with Crippen LogP contribution in [0.15, 0.2) is 60.7 Å². The number of morpholine rings is 2. The van der Waals surface area contributed by atoms with Gasteiger partial charge in [-0.15, -0.1) is 0 Å². The summed E-state index contributed by atoms with van der Waals surface area (Å²) >= 11 is 0. The summed E-state index contributed by atoms with van der Waals surface area (Å²) in [5.74, 6) is 2.15. The van der Waals surface area contributed by atoms with Crippen molar-refractivity contribution in [2.75, 3.05) is 39.4 Å². The smallest absolute Gasteiger partial charge is 1.00 e. The molecule has 10 aliphatic carbocycles. The molecule has 16 nitrogen and oxygen atoms in total. The zero-order valence-electron chi connectivity index (χ0n) is 67.5. The number of fused-ring (bicyclic) bond motifs is 8. The molecule has 4 aliphatic heterocycles. The van der Waals surface area contributed by atoms with Gasteiger partial charge in [-0.2, -0.15) is 0 Å². The average molecular weight is 1480 g/mol. The third-order valence-corrected chi connectivity index (χ3v) is 33.3. The topological polar surface area (TPSA) is 192 Å². The van der Waals surface area contributed by atoms with E-state index in [0.29, 0.717) is 55.1 Å². The first-order chi connectivity index (χ1) is 48.0. The molecule has 2 aromatic carbocycles. The molecule has 18 heteroatoms. The number of carbonyl (C=O) groups is 3. The van der Waals surface area contributed by atoms with Gasteiger partial charge in [0.05, 0.1) is 61.0 Å². The third kappa shape index (κ3) is 13.0. The first-order valence-electron chi connectivity index (χ1n) is 40.3. The van der Waals surface area contributed by atoms with Crippen LogP contribution in [0.25, 0.3) is 0 Å². The molecule has 2 aromatic rings. The number of Topliss-reactive ketones (excluding diaryl/α,β-unsaturated/α-hetero) is 1. The maximum absolute atomic E-state index is 15.1. The van der Waals surface area contributed by atoms with Crippen LogP contribution in [0.1, 0.15) is 241 Å². The molecule has 14 fully saturated rings. The Kier molecular flexibility index (Phi) is 23.5. The minimum Gasteiger partial charge on any atom is -1.00 e. The number of aliphatic hydroxyl groups excluding tert-OH is 1. The Morgan fingerprint density at radius 2 is 0.981 bits per heavy atom. The number of benzene rings is 2. The van der Waals surface area contributed by atoms with E-state index in [-0.39, 0.29) is 158 Å². The first-order valence-corrected chi connectivity index (χ1v) is 40.3. The second-order valence-corrected chi connectivity index (χ2v) is 39.6. The van der Waals surface area contributed by atoms with Crippen LogP contribution in [0, 0.1) is 101 Å². The number of esters is 2. The molecule has 4 saturated heterocycles. The molecule has 10 saturated carbocycles. The van der Waals surface area contributed by atoms with Crippen molar-refractivity contribution in [3.63, 3.8) is 0 Å². The number of rotatable bonds is 14. The van der Waals surface area contributed by atoms with Gasteiger partial charge < -0.3 is 54.6 Å². The molecule has 0 amide bonds. The fourth-order valence-corrected chi connectivity index (χ4v) is 28.7. The van der Waals surface area contributed by atoms with Crippen LogP contribution in [-0.4, -0.2) is 169 Å². The molecule has 6 unspecified atom stereocenters. The minimum atomic E-state index is -1.28. The van der Waals surface area contributed by atoms with Crippen LogP contribution >= 0.6 is 0 Å². The van der Waals surface area contributed by atoms with E-state index in [2.05, 4.69) is 140 Å². The molecule has 16 rings (SSSR count). The number of aliphatic hydroxyl groups is 3.